The van der Waals surface area contributed by atoms with Gasteiger partial charge in [-0.25, -0.2) is 4.68 Å². The number of aryl methyl sites for hydroxylation is 1. The fraction of sp³-hybridized carbons (Fsp3) is 0.333. The number of fused-ring (bicyclic) bond motifs is 1. The maximum absolute atomic E-state index is 9.57. The molecule has 5 heteroatoms. The molecule has 0 spiro atoms. The van der Waals surface area contributed by atoms with Crippen molar-refractivity contribution in [3.05, 3.63) is 52.7 Å². The molecule has 0 saturated carbocycles. The highest BCUT2D eigenvalue weighted by Crippen LogP contribution is 2.35. The second kappa shape index (κ2) is 5.17. The number of anilines is 1. The summed E-state index contributed by atoms with van der Waals surface area (Å²) in [6.45, 7) is 8.34. The summed E-state index contributed by atoms with van der Waals surface area (Å²) < 4.78 is 1.63. The summed E-state index contributed by atoms with van der Waals surface area (Å²) in [5, 5.41) is 17.5. The molecule has 1 unspecified atom stereocenters. The molecule has 118 valence electrons. The van der Waals surface area contributed by atoms with Gasteiger partial charge in [-0.3, -0.25) is 0 Å². The van der Waals surface area contributed by atoms with Gasteiger partial charge in [-0.1, -0.05) is 50.6 Å². The molecule has 0 saturated heterocycles. The Morgan fingerprint density at radius 2 is 1.91 bits per heavy atom. The highest BCUT2D eigenvalue weighted by atomic mass is 15.4. The third-order valence-electron chi connectivity index (χ3n) is 4.09. The molecule has 2 aromatic rings. The molecule has 5 nitrogen and oxygen atoms in total. The van der Waals surface area contributed by atoms with Gasteiger partial charge in [0.15, 0.2) is 0 Å². The lowest BCUT2D eigenvalue weighted by Gasteiger charge is -2.26. The minimum atomic E-state index is -0.252. The highest BCUT2D eigenvalue weighted by Gasteiger charge is 2.30. The summed E-state index contributed by atoms with van der Waals surface area (Å²) in [6, 6.07) is 12.1. The van der Waals surface area contributed by atoms with Gasteiger partial charge < -0.3 is 11.1 Å². The number of nitrogens with zero attached hydrogens (tertiary/aromatic N) is 3. The SMILES string of the molecule is Cc1ccc(C2Nc3cc(C(C)(C)C)nn3C(N)=C2C#N)cc1. The average molecular weight is 307 g/mol. The topological polar surface area (TPSA) is 79.7 Å². The fourth-order valence-corrected chi connectivity index (χ4v) is 2.65. The minimum absolute atomic E-state index is 0.0849. The molecule has 23 heavy (non-hydrogen) atoms. The maximum atomic E-state index is 9.57. The summed E-state index contributed by atoms with van der Waals surface area (Å²) >= 11 is 0. The van der Waals surface area contributed by atoms with Crippen LogP contribution < -0.4 is 11.1 Å². The van der Waals surface area contributed by atoms with Crippen LogP contribution in [0.1, 0.15) is 43.6 Å². The molecule has 1 aliphatic rings. The van der Waals surface area contributed by atoms with Gasteiger partial charge in [0.05, 0.1) is 17.3 Å². The van der Waals surface area contributed by atoms with Crippen LogP contribution in [0.4, 0.5) is 5.82 Å². The predicted molar refractivity (Wildman–Crippen MR) is 91.5 cm³/mol. The zero-order valence-electron chi connectivity index (χ0n) is 13.9. The van der Waals surface area contributed by atoms with Crippen LogP contribution in [-0.2, 0) is 5.41 Å². The highest BCUT2D eigenvalue weighted by molar-refractivity contribution is 5.67. The number of hydrogen-bond donors (Lipinski definition) is 2. The molecule has 1 aromatic carbocycles. The third kappa shape index (κ3) is 2.57. The van der Waals surface area contributed by atoms with E-state index in [4.69, 9.17) is 5.73 Å². The summed E-state index contributed by atoms with van der Waals surface area (Å²) in [5.74, 6) is 1.21. The van der Waals surface area contributed by atoms with Crippen LogP contribution in [0.5, 0.6) is 0 Å². The van der Waals surface area contributed by atoms with E-state index in [2.05, 4.69) is 37.3 Å². The van der Waals surface area contributed by atoms with Crippen molar-refractivity contribution in [1.82, 2.24) is 9.78 Å². The molecule has 2 heterocycles. The number of aromatic nitrogens is 2. The van der Waals surface area contributed by atoms with Crippen molar-refractivity contribution in [2.45, 2.75) is 39.2 Å². The zero-order chi connectivity index (χ0) is 16.8. The number of rotatable bonds is 1. The van der Waals surface area contributed by atoms with Gasteiger partial charge >= 0.3 is 0 Å². The average Bonchev–Trinajstić information content (AvgIpc) is 2.92. The van der Waals surface area contributed by atoms with Gasteiger partial charge in [0.2, 0.25) is 0 Å². The second-order valence-corrected chi connectivity index (χ2v) is 6.98. The van der Waals surface area contributed by atoms with Gasteiger partial charge in [0.1, 0.15) is 17.7 Å². The number of hydrogen-bond acceptors (Lipinski definition) is 4. The lowest BCUT2D eigenvalue weighted by atomic mass is 9.92. The van der Waals surface area contributed by atoms with E-state index in [0.29, 0.717) is 11.4 Å². The summed E-state index contributed by atoms with van der Waals surface area (Å²) in [5.41, 5.74) is 9.77. The number of nitrogens with one attached hydrogen (secondary N) is 1. The molecule has 1 aromatic heterocycles. The van der Waals surface area contributed by atoms with E-state index < -0.39 is 0 Å². The third-order valence-corrected chi connectivity index (χ3v) is 4.09. The summed E-state index contributed by atoms with van der Waals surface area (Å²) in [6.07, 6.45) is 0. The number of nitrogens with two attached hydrogens (primary N) is 1. The molecule has 0 aliphatic carbocycles. The Balaban J connectivity index is 2.10. The van der Waals surface area contributed by atoms with E-state index in [0.717, 1.165) is 17.1 Å². The van der Waals surface area contributed by atoms with Crippen molar-refractivity contribution < 1.29 is 0 Å². The van der Waals surface area contributed by atoms with Crippen LogP contribution in [0.2, 0.25) is 0 Å². The van der Waals surface area contributed by atoms with Gasteiger partial charge in [-0.05, 0) is 12.5 Å². The molecule has 1 atom stereocenters. The van der Waals surface area contributed by atoms with Crippen molar-refractivity contribution in [1.29, 1.82) is 5.26 Å². The molecular weight excluding hydrogens is 286 g/mol. The molecule has 0 bridgehead atoms. The fourth-order valence-electron chi connectivity index (χ4n) is 2.65. The molecule has 1 aliphatic heterocycles. The van der Waals surface area contributed by atoms with Gasteiger partial charge in [-0.15, -0.1) is 0 Å². The minimum Gasteiger partial charge on any atom is -0.383 e. The molecule has 3 N–H and O–H groups in total. The Morgan fingerprint density at radius 1 is 1.26 bits per heavy atom. The van der Waals surface area contributed by atoms with E-state index in [1.165, 1.54) is 5.56 Å². The molecule has 3 rings (SSSR count). The Labute approximate surface area is 136 Å². The van der Waals surface area contributed by atoms with Gasteiger partial charge in [0.25, 0.3) is 0 Å². The second-order valence-electron chi connectivity index (χ2n) is 6.98. The normalized spacial score (nSPS) is 17.4. The molecule has 0 fully saturated rings. The molecule has 0 amide bonds. The van der Waals surface area contributed by atoms with Crippen molar-refractivity contribution in [2.24, 2.45) is 5.73 Å². The van der Waals surface area contributed by atoms with Crippen LogP contribution in [-0.4, -0.2) is 9.78 Å². The predicted octanol–water partition coefficient (Wildman–Crippen LogP) is 3.31. The van der Waals surface area contributed by atoms with Crippen molar-refractivity contribution in [2.75, 3.05) is 5.32 Å². The lowest BCUT2D eigenvalue weighted by Crippen LogP contribution is -2.26. The molecular formula is C18H21N5. The Hall–Kier alpha value is -2.74. The van der Waals surface area contributed by atoms with E-state index in [1.54, 1.807) is 4.68 Å². The van der Waals surface area contributed by atoms with Crippen molar-refractivity contribution >= 4 is 11.6 Å². The quantitative estimate of drug-likeness (QED) is 0.847. The van der Waals surface area contributed by atoms with Crippen molar-refractivity contribution in [3.63, 3.8) is 0 Å². The Bertz CT molecular complexity index is 813. The van der Waals surface area contributed by atoms with Crippen LogP contribution >= 0.6 is 0 Å². The standard InChI is InChI=1S/C18H21N5/c1-11-5-7-12(8-6-11)16-13(10-19)17(20)23-15(21-16)9-14(22-23)18(2,3)4/h5-9,16,21H,20H2,1-4H3. The van der Waals surface area contributed by atoms with Gasteiger partial charge in [0, 0.05) is 11.5 Å². The van der Waals surface area contributed by atoms with Crippen LogP contribution in [0.15, 0.2) is 35.9 Å². The van der Waals surface area contributed by atoms with E-state index in [9.17, 15) is 5.26 Å². The lowest BCUT2D eigenvalue weighted by molar-refractivity contribution is 0.560. The maximum Gasteiger partial charge on any atom is 0.143 e. The number of nitriles is 1. The van der Waals surface area contributed by atoms with Gasteiger partial charge in [-0.2, -0.15) is 10.4 Å². The first-order valence-corrected chi connectivity index (χ1v) is 7.65. The smallest absolute Gasteiger partial charge is 0.143 e. The van der Waals surface area contributed by atoms with Crippen LogP contribution in [0.3, 0.4) is 0 Å². The first-order valence-electron chi connectivity index (χ1n) is 7.65. The first kappa shape index (κ1) is 15.2. The van der Waals surface area contributed by atoms with Crippen molar-refractivity contribution in [3.8, 4) is 6.07 Å². The monoisotopic (exact) mass is 307 g/mol. The zero-order valence-corrected chi connectivity index (χ0v) is 13.9. The molecule has 0 radical (unpaired) electrons. The van der Waals surface area contributed by atoms with E-state index in [1.807, 2.05) is 37.3 Å². The van der Waals surface area contributed by atoms with E-state index in [-0.39, 0.29) is 11.5 Å². The Morgan fingerprint density at radius 3 is 2.48 bits per heavy atom. The summed E-state index contributed by atoms with van der Waals surface area (Å²) in [7, 11) is 0. The number of benzene rings is 1. The summed E-state index contributed by atoms with van der Waals surface area (Å²) in [4.78, 5) is 0. The largest absolute Gasteiger partial charge is 0.383 e. The van der Waals surface area contributed by atoms with Crippen LogP contribution in [0.25, 0.3) is 5.82 Å². The Kier molecular flexibility index (Phi) is 3.41. The first-order chi connectivity index (χ1) is 10.8. The van der Waals surface area contributed by atoms with E-state index >= 15 is 0 Å². The van der Waals surface area contributed by atoms with Crippen LogP contribution in [0, 0.1) is 18.3 Å².